The molecule has 0 aliphatic heterocycles. The Hall–Kier alpha value is -0.380. The first-order valence-electron chi connectivity index (χ1n) is 10.2. The Labute approximate surface area is 145 Å². The van der Waals surface area contributed by atoms with Gasteiger partial charge in [0.15, 0.2) is 0 Å². The van der Waals surface area contributed by atoms with Crippen LogP contribution in [0.1, 0.15) is 51.9 Å². The van der Waals surface area contributed by atoms with Crippen LogP contribution in [0.25, 0.3) is 0 Å². The second-order valence-corrected chi connectivity index (χ2v) is 10.2. The predicted molar refractivity (Wildman–Crippen MR) is 94.3 cm³/mol. The number of fused-ring (bicyclic) bond motifs is 5. The van der Waals surface area contributed by atoms with Crippen LogP contribution >= 0.6 is 0 Å². The van der Waals surface area contributed by atoms with Gasteiger partial charge in [-0.25, -0.2) is 0 Å². The molecular formula is C21H33NO2. The molecule has 0 heterocycles. The summed E-state index contributed by atoms with van der Waals surface area (Å²) in [6, 6.07) is 0. The van der Waals surface area contributed by atoms with Crippen molar-refractivity contribution in [1.29, 1.82) is 0 Å². The average molecular weight is 332 g/mol. The van der Waals surface area contributed by atoms with E-state index in [9.17, 15) is 10.2 Å². The second-order valence-electron chi connectivity index (χ2n) is 10.2. The summed E-state index contributed by atoms with van der Waals surface area (Å²) in [5.41, 5.74) is -0.176. The van der Waals surface area contributed by atoms with Crippen molar-refractivity contribution >= 4 is 0 Å². The lowest BCUT2D eigenvalue weighted by Crippen LogP contribution is -2.63. The molecule has 134 valence electrons. The van der Waals surface area contributed by atoms with Gasteiger partial charge in [-0.3, -0.25) is 0 Å². The van der Waals surface area contributed by atoms with E-state index in [-0.39, 0.29) is 22.9 Å². The summed E-state index contributed by atoms with van der Waals surface area (Å²) in [7, 11) is 2.05. The molecule has 5 aliphatic rings. The predicted octanol–water partition coefficient (Wildman–Crippen LogP) is 2.73. The molecular weight excluding hydrogens is 298 g/mol. The van der Waals surface area contributed by atoms with Crippen LogP contribution in [-0.2, 0) is 0 Å². The van der Waals surface area contributed by atoms with E-state index < -0.39 is 5.60 Å². The number of hydrogen-bond acceptors (Lipinski definition) is 3. The second kappa shape index (κ2) is 4.86. The van der Waals surface area contributed by atoms with Crippen LogP contribution in [0, 0.1) is 40.4 Å². The molecule has 5 rings (SSSR count). The van der Waals surface area contributed by atoms with Crippen molar-refractivity contribution < 1.29 is 10.2 Å². The molecule has 5 aliphatic carbocycles. The molecule has 0 radical (unpaired) electrons. The molecule has 3 heteroatoms. The van der Waals surface area contributed by atoms with Gasteiger partial charge in [0, 0.05) is 5.92 Å². The first-order chi connectivity index (χ1) is 11.4. The Kier molecular flexibility index (Phi) is 3.21. The Bertz CT molecular complexity index is 576. The summed E-state index contributed by atoms with van der Waals surface area (Å²) in [6.07, 6.45) is 12.3. The molecule has 24 heavy (non-hydrogen) atoms. The first kappa shape index (κ1) is 15.8. The lowest BCUT2D eigenvalue weighted by Gasteiger charge is -2.62. The molecule has 0 aromatic heterocycles. The maximum atomic E-state index is 11.7. The summed E-state index contributed by atoms with van der Waals surface area (Å²) in [6.45, 7) is 3.40. The van der Waals surface area contributed by atoms with Crippen LogP contribution in [0.2, 0.25) is 0 Å². The zero-order valence-corrected chi connectivity index (χ0v) is 15.2. The monoisotopic (exact) mass is 331 g/mol. The van der Waals surface area contributed by atoms with Crippen molar-refractivity contribution in [1.82, 2.24) is 5.32 Å². The van der Waals surface area contributed by atoms with Gasteiger partial charge in [0.2, 0.25) is 0 Å². The summed E-state index contributed by atoms with van der Waals surface area (Å²) in [4.78, 5) is 0. The fourth-order valence-corrected chi connectivity index (χ4v) is 8.34. The van der Waals surface area contributed by atoms with Gasteiger partial charge in [0.1, 0.15) is 0 Å². The molecule has 4 fully saturated rings. The number of hydrogen-bond donors (Lipinski definition) is 3. The third-order valence-electron chi connectivity index (χ3n) is 9.03. The Morgan fingerprint density at radius 1 is 1.21 bits per heavy atom. The van der Waals surface area contributed by atoms with Gasteiger partial charge >= 0.3 is 0 Å². The number of rotatable bonds is 2. The van der Waals surface area contributed by atoms with E-state index in [0.29, 0.717) is 23.7 Å². The van der Waals surface area contributed by atoms with E-state index in [1.54, 1.807) is 0 Å². The van der Waals surface area contributed by atoms with Crippen molar-refractivity contribution in [3.63, 3.8) is 0 Å². The minimum atomic E-state index is -0.541. The van der Waals surface area contributed by atoms with Crippen molar-refractivity contribution in [2.75, 3.05) is 13.6 Å². The van der Waals surface area contributed by atoms with Gasteiger partial charge in [-0.1, -0.05) is 25.5 Å². The van der Waals surface area contributed by atoms with Crippen LogP contribution < -0.4 is 5.32 Å². The lowest BCUT2D eigenvalue weighted by molar-refractivity contribution is -0.207. The highest BCUT2D eigenvalue weighted by atomic mass is 16.3. The normalized spacial score (nSPS) is 60.8. The summed E-state index contributed by atoms with van der Waals surface area (Å²) in [5, 5.41) is 26.6. The molecule has 3 bridgehead atoms. The molecule has 3 nitrogen and oxygen atoms in total. The maximum absolute atomic E-state index is 11.7. The zero-order valence-electron chi connectivity index (χ0n) is 15.2. The zero-order chi connectivity index (χ0) is 16.7. The molecule has 0 aromatic carbocycles. The van der Waals surface area contributed by atoms with E-state index >= 15 is 0 Å². The molecule has 0 amide bonds. The first-order valence-corrected chi connectivity index (χ1v) is 10.2. The number of allylic oxidation sites excluding steroid dienone is 1. The van der Waals surface area contributed by atoms with Crippen LogP contribution in [0.15, 0.2) is 12.2 Å². The van der Waals surface area contributed by atoms with Gasteiger partial charge in [0.05, 0.1) is 11.7 Å². The van der Waals surface area contributed by atoms with E-state index in [2.05, 4.69) is 31.4 Å². The minimum absolute atomic E-state index is 0.0848. The van der Waals surface area contributed by atoms with Gasteiger partial charge in [-0.15, -0.1) is 0 Å². The SMILES string of the molecule is CNCC1CCCC12CC1C2C(O)C2C=CC3CC2(C)CC1(O)C3. The Balaban J connectivity index is 1.58. The highest BCUT2D eigenvalue weighted by molar-refractivity contribution is 5.25. The minimum Gasteiger partial charge on any atom is -0.392 e. The maximum Gasteiger partial charge on any atom is 0.0690 e. The topological polar surface area (TPSA) is 52.5 Å². The highest BCUT2D eigenvalue weighted by Crippen LogP contribution is 2.72. The summed E-state index contributed by atoms with van der Waals surface area (Å²) in [5.74, 6) is 2.05. The van der Waals surface area contributed by atoms with Crippen LogP contribution in [0.5, 0.6) is 0 Å². The largest absolute Gasteiger partial charge is 0.392 e. The molecule has 9 unspecified atom stereocenters. The van der Waals surface area contributed by atoms with Crippen LogP contribution in [0.3, 0.4) is 0 Å². The van der Waals surface area contributed by atoms with Crippen molar-refractivity contribution in [3.8, 4) is 0 Å². The average Bonchev–Trinajstić information content (AvgIpc) is 2.88. The Morgan fingerprint density at radius 2 is 2.04 bits per heavy atom. The number of nitrogens with one attached hydrogen (secondary N) is 1. The van der Waals surface area contributed by atoms with Gasteiger partial charge < -0.3 is 15.5 Å². The highest BCUT2D eigenvalue weighted by Gasteiger charge is 2.71. The van der Waals surface area contributed by atoms with E-state index in [0.717, 1.165) is 32.2 Å². The molecule has 9 atom stereocenters. The molecule has 0 saturated heterocycles. The van der Waals surface area contributed by atoms with Gasteiger partial charge in [-0.05, 0) is 86.6 Å². The van der Waals surface area contributed by atoms with E-state index in [1.165, 1.54) is 19.3 Å². The molecule has 4 saturated carbocycles. The van der Waals surface area contributed by atoms with Crippen LogP contribution in [-0.4, -0.2) is 35.5 Å². The molecule has 0 aromatic rings. The fraction of sp³-hybridized carbons (Fsp3) is 0.905. The molecule has 1 spiro atoms. The van der Waals surface area contributed by atoms with Crippen molar-refractivity contribution in [3.05, 3.63) is 12.2 Å². The standard InChI is InChI=1S/C21H33NO2/c1-19-8-13-5-6-15(19)18(23)17-16(21(24,9-13)12-19)10-20(17)7-3-4-14(20)11-22-2/h5-6,13-18,22-24H,3-4,7-12H2,1-2H3. The summed E-state index contributed by atoms with van der Waals surface area (Å²) < 4.78 is 0. The lowest BCUT2D eigenvalue weighted by atomic mass is 9.44. The van der Waals surface area contributed by atoms with Gasteiger partial charge in [0.25, 0.3) is 0 Å². The van der Waals surface area contributed by atoms with E-state index in [4.69, 9.17) is 0 Å². The third-order valence-corrected chi connectivity index (χ3v) is 9.03. The Morgan fingerprint density at radius 3 is 2.83 bits per heavy atom. The van der Waals surface area contributed by atoms with Crippen molar-refractivity contribution in [2.45, 2.75) is 63.6 Å². The smallest absolute Gasteiger partial charge is 0.0690 e. The molecule has 3 N–H and O–H groups in total. The number of aliphatic hydroxyl groups is 2. The van der Waals surface area contributed by atoms with E-state index in [1.807, 2.05) is 0 Å². The quantitative estimate of drug-likeness (QED) is 0.682. The fourth-order valence-electron chi connectivity index (χ4n) is 8.34. The van der Waals surface area contributed by atoms with Crippen molar-refractivity contribution in [2.24, 2.45) is 40.4 Å². The third kappa shape index (κ3) is 1.79. The summed E-state index contributed by atoms with van der Waals surface area (Å²) >= 11 is 0. The van der Waals surface area contributed by atoms with Crippen LogP contribution in [0.4, 0.5) is 0 Å². The number of aliphatic hydroxyl groups excluding tert-OH is 1. The van der Waals surface area contributed by atoms with Gasteiger partial charge in [-0.2, -0.15) is 0 Å².